The van der Waals surface area contributed by atoms with Crippen molar-refractivity contribution in [2.24, 2.45) is 11.8 Å². The van der Waals surface area contributed by atoms with E-state index in [2.05, 4.69) is 76.2 Å². The van der Waals surface area contributed by atoms with E-state index in [4.69, 9.17) is 13.6 Å². The molecule has 0 radical (unpaired) electrons. The third-order valence-electron chi connectivity index (χ3n) is 7.17. The van der Waals surface area contributed by atoms with Crippen LogP contribution >= 0.6 is 8.60 Å². The van der Waals surface area contributed by atoms with Crippen LogP contribution in [0.1, 0.15) is 122 Å². The first-order valence-corrected chi connectivity index (χ1v) is 16.1. The van der Waals surface area contributed by atoms with E-state index in [1.807, 2.05) is 0 Å². The summed E-state index contributed by atoms with van der Waals surface area (Å²) >= 11 is 0. The topological polar surface area (TPSA) is 27.7 Å². The second kappa shape index (κ2) is 17.4. The maximum Gasteiger partial charge on any atom is 0.333 e. The van der Waals surface area contributed by atoms with Crippen molar-refractivity contribution in [1.29, 1.82) is 0 Å². The molecule has 0 N–H and O–H groups in total. The summed E-state index contributed by atoms with van der Waals surface area (Å²) in [6.07, 6.45) is 19.4. The molecule has 0 aliphatic heterocycles. The molecule has 0 heterocycles. The van der Waals surface area contributed by atoms with Crippen LogP contribution < -0.4 is 0 Å². The van der Waals surface area contributed by atoms with E-state index in [-0.39, 0.29) is 6.10 Å². The second-order valence-corrected chi connectivity index (χ2v) is 12.6. The molecule has 3 rings (SSSR count). The quantitative estimate of drug-likeness (QED) is 0.127. The molecule has 1 unspecified atom stereocenters. The highest BCUT2D eigenvalue weighted by Gasteiger charge is 2.24. The minimum Gasteiger partial charge on any atom is -0.312 e. The van der Waals surface area contributed by atoms with Gasteiger partial charge in [-0.15, -0.1) is 0 Å². The summed E-state index contributed by atoms with van der Waals surface area (Å²) in [6, 6.07) is 13.0. The average molecular weight is 527 g/mol. The van der Waals surface area contributed by atoms with E-state index in [0.29, 0.717) is 13.2 Å². The summed E-state index contributed by atoms with van der Waals surface area (Å²) in [4.78, 5) is 0. The van der Waals surface area contributed by atoms with Gasteiger partial charge >= 0.3 is 8.60 Å². The molecule has 1 aliphatic carbocycles. The van der Waals surface area contributed by atoms with Gasteiger partial charge in [-0.1, -0.05) is 140 Å². The van der Waals surface area contributed by atoms with Gasteiger partial charge in [-0.3, -0.25) is 4.52 Å². The van der Waals surface area contributed by atoms with E-state index in [0.717, 1.165) is 24.7 Å². The second-order valence-electron chi connectivity index (χ2n) is 11.5. The molecule has 0 saturated heterocycles. The molecule has 0 bridgehead atoms. The summed E-state index contributed by atoms with van der Waals surface area (Å²) in [5, 5.41) is 2.55. The summed E-state index contributed by atoms with van der Waals surface area (Å²) in [7, 11) is -1.38. The highest BCUT2D eigenvalue weighted by molar-refractivity contribution is 7.41. The number of hydrogen-bond donors (Lipinski definition) is 0. The SMILES string of the molecule is CC(C)CCCCCCCOP(OCCCCCCCC(C)C)OC1C=Cc2cccc3cccc1c23. The predicted molar refractivity (Wildman–Crippen MR) is 161 cm³/mol. The largest absolute Gasteiger partial charge is 0.333 e. The van der Waals surface area contributed by atoms with E-state index in [1.54, 1.807) is 0 Å². The van der Waals surface area contributed by atoms with Crippen LogP contribution in [0, 0.1) is 11.8 Å². The fourth-order valence-corrected chi connectivity index (χ4v) is 6.12. The van der Waals surface area contributed by atoms with Crippen molar-refractivity contribution in [3.05, 3.63) is 53.6 Å². The lowest BCUT2D eigenvalue weighted by Crippen LogP contribution is -2.07. The normalized spacial score (nSPS) is 15.1. The highest BCUT2D eigenvalue weighted by Crippen LogP contribution is 2.48. The van der Waals surface area contributed by atoms with Gasteiger partial charge in [0.1, 0.15) is 6.10 Å². The molecule has 0 spiro atoms. The molecular formula is C33H51O3P. The fraction of sp³-hybridized carbons (Fsp3) is 0.636. The zero-order valence-electron chi connectivity index (χ0n) is 23.9. The van der Waals surface area contributed by atoms with Crippen molar-refractivity contribution in [3.63, 3.8) is 0 Å². The molecule has 206 valence electrons. The third kappa shape index (κ3) is 11.2. The Morgan fingerprint density at radius 2 is 1.22 bits per heavy atom. The Labute approximate surface area is 228 Å². The minimum atomic E-state index is -1.38. The number of benzene rings is 2. The smallest absolute Gasteiger partial charge is 0.312 e. The Hall–Kier alpha value is -1.25. The molecule has 2 aromatic rings. The van der Waals surface area contributed by atoms with Crippen molar-refractivity contribution in [3.8, 4) is 0 Å². The van der Waals surface area contributed by atoms with Crippen LogP contribution in [0.5, 0.6) is 0 Å². The lowest BCUT2D eigenvalue weighted by atomic mass is 9.92. The Balaban J connectivity index is 1.46. The molecule has 0 aromatic heterocycles. The molecule has 3 nitrogen and oxygen atoms in total. The summed E-state index contributed by atoms with van der Waals surface area (Å²) in [5.41, 5.74) is 2.47. The minimum absolute atomic E-state index is 0.128. The highest BCUT2D eigenvalue weighted by atomic mass is 31.2. The maximum atomic E-state index is 6.51. The molecule has 37 heavy (non-hydrogen) atoms. The van der Waals surface area contributed by atoms with Crippen LogP contribution in [0.3, 0.4) is 0 Å². The molecule has 4 heteroatoms. The van der Waals surface area contributed by atoms with Gasteiger partial charge in [0.15, 0.2) is 0 Å². The molecule has 0 fully saturated rings. The van der Waals surface area contributed by atoms with Crippen LogP contribution in [0.2, 0.25) is 0 Å². The predicted octanol–water partition coefficient (Wildman–Crippen LogP) is 11.2. The van der Waals surface area contributed by atoms with Crippen LogP contribution in [-0.4, -0.2) is 13.2 Å². The van der Waals surface area contributed by atoms with Crippen LogP contribution in [-0.2, 0) is 13.6 Å². The van der Waals surface area contributed by atoms with Crippen molar-refractivity contribution < 1.29 is 13.6 Å². The first kappa shape index (κ1) is 30.3. The van der Waals surface area contributed by atoms with Gasteiger partial charge in [-0.05, 0) is 46.6 Å². The fourth-order valence-electron chi connectivity index (χ4n) is 5.00. The summed E-state index contributed by atoms with van der Waals surface area (Å²) in [5.74, 6) is 1.63. The summed E-state index contributed by atoms with van der Waals surface area (Å²) in [6.45, 7) is 10.7. The van der Waals surface area contributed by atoms with E-state index in [1.165, 1.54) is 86.1 Å². The van der Waals surface area contributed by atoms with Gasteiger partial charge in [-0.2, -0.15) is 0 Å². The molecule has 2 aromatic carbocycles. The number of hydrogen-bond acceptors (Lipinski definition) is 3. The molecule has 0 saturated carbocycles. The standard InChI is InChI=1S/C33H51O3P/c1-27(2)17-11-7-5-9-13-25-34-37(35-26-14-10-6-8-12-18-28(3)4)36-32-24-23-30-20-15-19-29-21-16-22-31(32)33(29)30/h15-16,19-24,27-28,32H,5-14,17-18,25-26H2,1-4H3. The Morgan fingerprint density at radius 1 is 0.676 bits per heavy atom. The first-order valence-electron chi connectivity index (χ1n) is 15.0. The summed E-state index contributed by atoms with van der Waals surface area (Å²) < 4.78 is 19.0. The molecular weight excluding hydrogens is 475 g/mol. The monoisotopic (exact) mass is 526 g/mol. The Kier molecular flexibility index (Phi) is 14.2. The Bertz CT molecular complexity index is 894. The van der Waals surface area contributed by atoms with E-state index in [9.17, 15) is 0 Å². The van der Waals surface area contributed by atoms with Crippen LogP contribution in [0.15, 0.2) is 42.5 Å². The van der Waals surface area contributed by atoms with Gasteiger partial charge in [0, 0.05) is 0 Å². The van der Waals surface area contributed by atoms with Gasteiger partial charge in [0.25, 0.3) is 0 Å². The third-order valence-corrected chi connectivity index (χ3v) is 8.36. The van der Waals surface area contributed by atoms with Gasteiger partial charge in [0.05, 0.1) is 13.2 Å². The lowest BCUT2D eigenvalue weighted by molar-refractivity contribution is 0.135. The number of rotatable bonds is 20. The van der Waals surface area contributed by atoms with Gasteiger partial charge in [-0.25, -0.2) is 0 Å². The van der Waals surface area contributed by atoms with Crippen LogP contribution in [0.4, 0.5) is 0 Å². The van der Waals surface area contributed by atoms with Crippen molar-refractivity contribution in [2.75, 3.05) is 13.2 Å². The molecule has 1 aliphatic rings. The van der Waals surface area contributed by atoms with Crippen molar-refractivity contribution in [2.45, 2.75) is 111 Å². The maximum absolute atomic E-state index is 6.51. The lowest BCUT2D eigenvalue weighted by Gasteiger charge is -2.25. The zero-order chi connectivity index (χ0) is 26.3. The van der Waals surface area contributed by atoms with Crippen molar-refractivity contribution in [1.82, 2.24) is 0 Å². The molecule has 1 atom stereocenters. The first-order chi connectivity index (χ1) is 18.0. The number of unbranched alkanes of at least 4 members (excludes halogenated alkanes) is 8. The molecule has 0 amide bonds. The van der Waals surface area contributed by atoms with E-state index < -0.39 is 8.60 Å². The average Bonchev–Trinajstić information content (AvgIpc) is 2.88. The van der Waals surface area contributed by atoms with Crippen LogP contribution in [0.25, 0.3) is 16.8 Å². The van der Waals surface area contributed by atoms with Gasteiger partial charge in [0.2, 0.25) is 0 Å². The zero-order valence-corrected chi connectivity index (χ0v) is 24.8. The van der Waals surface area contributed by atoms with E-state index >= 15 is 0 Å². The van der Waals surface area contributed by atoms with Crippen molar-refractivity contribution >= 4 is 25.5 Å². The Morgan fingerprint density at radius 3 is 1.81 bits per heavy atom. The van der Waals surface area contributed by atoms with Gasteiger partial charge < -0.3 is 9.05 Å².